The third-order valence-corrected chi connectivity index (χ3v) is 6.37. The minimum Gasteiger partial charge on any atom is -0.459 e. The first kappa shape index (κ1) is 26.4. The fourth-order valence-electron chi connectivity index (χ4n) is 4.47. The molecule has 0 aliphatic heterocycles. The Morgan fingerprint density at radius 3 is 2.30 bits per heavy atom. The van der Waals surface area contributed by atoms with Gasteiger partial charge in [-0.1, -0.05) is 84.9 Å². The van der Waals surface area contributed by atoms with Gasteiger partial charge in [-0.05, 0) is 68.4 Å². The number of carbonyl (C=O) groups excluding carboxylic acids is 2. The monoisotopic (exact) mass is 497 g/mol. The van der Waals surface area contributed by atoms with Crippen LogP contribution in [0.15, 0.2) is 90.5 Å². The van der Waals surface area contributed by atoms with E-state index >= 15 is 0 Å². The van der Waals surface area contributed by atoms with Crippen LogP contribution in [0, 0.1) is 0 Å². The molecule has 1 aliphatic rings. The second kappa shape index (κ2) is 11.6. The summed E-state index contributed by atoms with van der Waals surface area (Å²) in [5, 5.41) is 3.25. The van der Waals surface area contributed by atoms with Crippen molar-refractivity contribution in [1.82, 2.24) is 5.32 Å². The van der Waals surface area contributed by atoms with Crippen LogP contribution >= 0.6 is 0 Å². The number of hydrogen-bond donors (Lipinski definition) is 1. The van der Waals surface area contributed by atoms with Gasteiger partial charge in [-0.15, -0.1) is 0 Å². The number of rotatable bonds is 8. The molecule has 0 fully saturated rings. The van der Waals surface area contributed by atoms with E-state index < -0.39 is 11.6 Å². The van der Waals surface area contributed by atoms with Crippen LogP contribution in [0.5, 0.6) is 0 Å². The van der Waals surface area contributed by atoms with Crippen LogP contribution in [0.25, 0.3) is 11.1 Å². The van der Waals surface area contributed by atoms with Crippen LogP contribution in [-0.2, 0) is 25.5 Å². The molecule has 1 aliphatic carbocycles. The molecule has 0 amide bonds. The number of ether oxygens (including phenoxy) is 2. The SMILES string of the molecule is CC(=CCNC(C(=O)OC(C)(C)C)c1ccc(-c2ccccc2)cc1)C(=O)OC1CCc2ccccc21. The number of esters is 2. The summed E-state index contributed by atoms with van der Waals surface area (Å²) in [6.45, 7) is 7.60. The lowest BCUT2D eigenvalue weighted by Crippen LogP contribution is -2.35. The van der Waals surface area contributed by atoms with Gasteiger partial charge in [-0.25, -0.2) is 9.59 Å². The Labute approximate surface area is 219 Å². The zero-order valence-corrected chi connectivity index (χ0v) is 22.0. The van der Waals surface area contributed by atoms with E-state index in [1.165, 1.54) is 5.56 Å². The second-order valence-electron chi connectivity index (χ2n) is 10.4. The van der Waals surface area contributed by atoms with E-state index in [0.717, 1.165) is 35.1 Å². The van der Waals surface area contributed by atoms with Gasteiger partial charge in [0.1, 0.15) is 17.7 Å². The minimum absolute atomic E-state index is 0.211. The van der Waals surface area contributed by atoms with Gasteiger partial charge in [0.25, 0.3) is 0 Å². The number of nitrogens with one attached hydrogen (secondary N) is 1. The molecule has 3 aromatic carbocycles. The highest BCUT2D eigenvalue weighted by Gasteiger charge is 2.27. The first-order chi connectivity index (χ1) is 17.7. The summed E-state index contributed by atoms with van der Waals surface area (Å²) in [6.07, 6.45) is 3.27. The van der Waals surface area contributed by atoms with E-state index in [2.05, 4.69) is 23.5 Å². The van der Waals surface area contributed by atoms with Crippen LogP contribution in [-0.4, -0.2) is 24.1 Å². The normalized spacial score (nSPS) is 16.1. The van der Waals surface area contributed by atoms with Crippen LogP contribution in [0.3, 0.4) is 0 Å². The van der Waals surface area contributed by atoms with Crippen LogP contribution < -0.4 is 5.32 Å². The lowest BCUT2D eigenvalue weighted by Gasteiger charge is -2.25. The third kappa shape index (κ3) is 6.95. The van der Waals surface area contributed by atoms with Gasteiger partial charge in [0, 0.05) is 12.1 Å². The summed E-state index contributed by atoms with van der Waals surface area (Å²) < 4.78 is 11.5. The predicted molar refractivity (Wildman–Crippen MR) is 146 cm³/mol. The lowest BCUT2D eigenvalue weighted by atomic mass is 10.0. The van der Waals surface area contributed by atoms with E-state index in [-0.39, 0.29) is 18.0 Å². The molecule has 2 unspecified atom stereocenters. The molecule has 2 atom stereocenters. The van der Waals surface area contributed by atoms with Crippen molar-refractivity contribution in [3.05, 3.63) is 107 Å². The third-order valence-electron chi connectivity index (χ3n) is 6.37. The summed E-state index contributed by atoms with van der Waals surface area (Å²) in [6, 6.07) is 25.4. The fraction of sp³-hybridized carbons (Fsp3) is 0.312. The van der Waals surface area contributed by atoms with E-state index in [1.54, 1.807) is 13.0 Å². The van der Waals surface area contributed by atoms with Gasteiger partial charge in [0.05, 0.1) is 0 Å². The van der Waals surface area contributed by atoms with Gasteiger partial charge in [0.2, 0.25) is 0 Å². The van der Waals surface area contributed by atoms with Gasteiger partial charge in [-0.3, -0.25) is 5.32 Å². The number of benzene rings is 3. The summed E-state index contributed by atoms with van der Waals surface area (Å²) in [5.41, 5.74) is 5.18. The highest BCUT2D eigenvalue weighted by molar-refractivity contribution is 5.88. The Morgan fingerprint density at radius 2 is 1.59 bits per heavy atom. The van der Waals surface area contributed by atoms with Crippen molar-refractivity contribution in [2.75, 3.05) is 6.54 Å². The first-order valence-corrected chi connectivity index (χ1v) is 12.8. The molecule has 0 spiro atoms. The van der Waals surface area contributed by atoms with E-state index in [4.69, 9.17) is 9.47 Å². The molecule has 0 aromatic heterocycles. The Hall–Kier alpha value is -3.70. The molecule has 0 saturated carbocycles. The van der Waals surface area contributed by atoms with E-state index in [9.17, 15) is 9.59 Å². The highest BCUT2D eigenvalue weighted by Crippen LogP contribution is 2.34. The largest absolute Gasteiger partial charge is 0.459 e. The van der Waals surface area contributed by atoms with E-state index in [1.807, 2.05) is 81.4 Å². The Morgan fingerprint density at radius 1 is 0.946 bits per heavy atom. The smallest absolute Gasteiger partial charge is 0.334 e. The molecule has 37 heavy (non-hydrogen) atoms. The molecule has 192 valence electrons. The quantitative estimate of drug-likeness (QED) is 0.284. The molecule has 0 bridgehead atoms. The number of fused-ring (bicyclic) bond motifs is 1. The van der Waals surface area contributed by atoms with Crippen LogP contribution in [0.4, 0.5) is 0 Å². The predicted octanol–water partition coefficient (Wildman–Crippen LogP) is 6.50. The second-order valence-corrected chi connectivity index (χ2v) is 10.4. The summed E-state index contributed by atoms with van der Waals surface area (Å²) >= 11 is 0. The zero-order valence-electron chi connectivity index (χ0n) is 22.0. The van der Waals surface area contributed by atoms with Crippen molar-refractivity contribution >= 4 is 11.9 Å². The van der Waals surface area contributed by atoms with E-state index in [0.29, 0.717) is 12.1 Å². The number of aryl methyl sites for hydroxylation is 1. The van der Waals surface area contributed by atoms with Crippen molar-refractivity contribution in [2.24, 2.45) is 0 Å². The lowest BCUT2D eigenvalue weighted by molar-refractivity contribution is -0.157. The standard InChI is InChI=1S/C32H35NO4/c1-22(30(34)36-28-19-18-25-12-8-9-13-27(25)28)20-21-33-29(31(35)37-32(2,3)4)26-16-14-24(15-17-26)23-10-6-5-7-11-23/h5-17,20,28-29,33H,18-19,21H2,1-4H3. The molecule has 5 heteroatoms. The van der Waals surface area contributed by atoms with Crippen molar-refractivity contribution in [3.63, 3.8) is 0 Å². The van der Waals surface area contributed by atoms with Crippen LogP contribution in [0.2, 0.25) is 0 Å². The topological polar surface area (TPSA) is 64.6 Å². The number of carbonyl (C=O) groups is 2. The van der Waals surface area contributed by atoms with Crippen molar-refractivity contribution < 1.29 is 19.1 Å². The summed E-state index contributed by atoms with van der Waals surface area (Å²) in [5.74, 6) is -0.708. The van der Waals surface area contributed by atoms with Crippen molar-refractivity contribution in [1.29, 1.82) is 0 Å². The molecular weight excluding hydrogens is 462 g/mol. The Bertz CT molecular complexity index is 1260. The average molecular weight is 498 g/mol. The van der Waals surface area contributed by atoms with Gasteiger partial charge >= 0.3 is 11.9 Å². The number of hydrogen-bond acceptors (Lipinski definition) is 5. The molecule has 5 nitrogen and oxygen atoms in total. The summed E-state index contributed by atoms with van der Waals surface area (Å²) in [7, 11) is 0. The average Bonchev–Trinajstić information content (AvgIpc) is 3.29. The van der Waals surface area contributed by atoms with Crippen LogP contribution in [0.1, 0.15) is 63.0 Å². The maximum atomic E-state index is 13.1. The molecule has 1 N–H and O–H groups in total. The maximum Gasteiger partial charge on any atom is 0.334 e. The molecule has 0 radical (unpaired) electrons. The van der Waals surface area contributed by atoms with Gasteiger partial charge in [0.15, 0.2) is 0 Å². The molecule has 3 aromatic rings. The van der Waals surface area contributed by atoms with Crippen molar-refractivity contribution in [3.8, 4) is 11.1 Å². The maximum absolute atomic E-state index is 13.1. The Kier molecular flexibility index (Phi) is 8.24. The van der Waals surface area contributed by atoms with Gasteiger partial charge < -0.3 is 9.47 Å². The fourth-order valence-corrected chi connectivity index (χ4v) is 4.47. The summed E-state index contributed by atoms with van der Waals surface area (Å²) in [4.78, 5) is 25.8. The van der Waals surface area contributed by atoms with Crippen molar-refractivity contribution in [2.45, 2.75) is 58.3 Å². The highest BCUT2D eigenvalue weighted by atomic mass is 16.6. The molecule has 0 saturated heterocycles. The molecule has 4 rings (SSSR count). The Balaban J connectivity index is 1.43. The zero-order chi connectivity index (χ0) is 26.4. The first-order valence-electron chi connectivity index (χ1n) is 12.8. The molecule has 0 heterocycles. The minimum atomic E-state index is -0.675. The van der Waals surface area contributed by atoms with Gasteiger partial charge in [-0.2, -0.15) is 0 Å². The molecular formula is C32H35NO4.